The lowest BCUT2D eigenvalue weighted by Gasteiger charge is -2.28. The van der Waals surface area contributed by atoms with Crippen molar-refractivity contribution in [2.45, 2.75) is 123 Å². The molecule has 4 heteroatoms. The van der Waals surface area contributed by atoms with Gasteiger partial charge in [-0.1, -0.05) is 71.6 Å². The van der Waals surface area contributed by atoms with E-state index in [1.807, 2.05) is 0 Å². The fraction of sp³-hybridized carbons (Fsp3) is 0.960. The number of esters is 1. The largest absolute Gasteiger partial charge is 0.462 e. The summed E-state index contributed by atoms with van der Waals surface area (Å²) in [6.45, 7) is 7.33. The van der Waals surface area contributed by atoms with Crippen LogP contribution in [0.15, 0.2) is 0 Å². The molecule has 1 aliphatic rings. The number of ether oxygens (including phenoxy) is 1. The fourth-order valence-corrected chi connectivity index (χ4v) is 4.51. The Morgan fingerprint density at radius 2 is 1.45 bits per heavy atom. The predicted octanol–water partition coefficient (Wildman–Crippen LogP) is 6.10. The van der Waals surface area contributed by atoms with Crippen LogP contribution < -0.4 is 0 Å². The Kier molecular flexibility index (Phi) is 16.6. The number of aliphatic hydroxyl groups is 1. The zero-order valence-electron chi connectivity index (χ0n) is 19.5. The van der Waals surface area contributed by atoms with Gasteiger partial charge < -0.3 is 14.7 Å². The maximum Gasteiger partial charge on any atom is 0.306 e. The van der Waals surface area contributed by atoms with E-state index >= 15 is 0 Å². The third-order valence-corrected chi connectivity index (χ3v) is 6.41. The Morgan fingerprint density at radius 1 is 0.828 bits per heavy atom. The van der Waals surface area contributed by atoms with Crippen molar-refractivity contribution >= 4 is 5.97 Å². The molecule has 1 N–H and O–H groups in total. The number of carbonyl (C=O) groups excluding carboxylic acids is 1. The first-order valence-electron chi connectivity index (χ1n) is 12.7. The molecule has 0 aromatic heterocycles. The maximum absolute atomic E-state index is 12.2. The monoisotopic (exact) mass is 411 g/mol. The van der Waals surface area contributed by atoms with E-state index in [-0.39, 0.29) is 18.7 Å². The highest BCUT2D eigenvalue weighted by molar-refractivity contribution is 5.69. The lowest BCUT2D eigenvalue weighted by atomic mass is 9.84. The minimum absolute atomic E-state index is 0.0250. The van der Waals surface area contributed by atoms with Gasteiger partial charge in [-0.3, -0.25) is 4.79 Å². The molecule has 1 aliphatic carbocycles. The molecule has 0 amide bonds. The molecule has 0 saturated heterocycles. The number of rotatable bonds is 18. The molecule has 0 radical (unpaired) electrons. The van der Waals surface area contributed by atoms with Gasteiger partial charge in [0.25, 0.3) is 0 Å². The van der Waals surface area contributed by atoms with Crippen molar-refractivity contribution in [2.24, 2.45) is 5.92 Å². The van der Waals surface area contributed by atoms with Crippen molar-refractivity contribution in [2.75, 3.05) is 26.2 Å². The van der Waals surface area contributed by atoms with Crippen LogP contribution in [-0.2, 0) is 9.53 Å². The second-order valence-corrected chi connectivity index (χ2v) is 9.06. The van der Waals surface area contributed by atoms with Crippen LogP contribution in [0.2, 0.25) is 0 Å². The highest BCUT2D eigenvalue weighted by atomic mass is 16.5. The lowest BCUT2D eigenvalue weighted by Crippen LogP contribution is -2.30. The summed E-state index contributed by atoms with van der Waals surface area (Å²) in [4.78, 5) is 14.5. The van der Waals surface area contributed by atoms with Gasteiger partial charge in [0.2, 0.25) is 0 Å². The minimum atomic E-state index is -0.0250. The van der Waals surface area contributed by atoms with Crippen LogP contribution in [0.1, 0.15) is 117 Å². The van der Waals surface area contributed by atoms with Gasteiger partial charge in [-0.15, -0.1) is 0 Å². The average Bonchev–Trinajstić information content (AvgIpc) is 2.72. The summed E-state index contributed by atoms with van der Waals surface area (Å²) in [5.74, 6) is 0.827. The van der Waals surface area contributed by atoms with Gasteiger partial charge in [0.15, 0.2) is 0 Å². The Hall–Kier alpha value is -0.610. The molecule has 4 nitrogen and oxygen atoms in total. The molecule has 29 heavy (non-hydrogen) atoms. The number of carbonyl (C=O) groups is 1. The molecule has 0 atom stereocenters. The number of aliphatic hydroxyl groups excluding tert-OH is 1. The van der Waals surface area contributed by atoms with E-state index in [1.54, 1.807) is 0 Å². The zero-order valence-corrected chi connectivity index (χ0v) is 19.5. The standard InChI is InChI=1S/C25H49NO3/c1-3-5-7-8-9-11-19-26(21-22-27)20-12-14-25(28)29-24-17-15-23(16-18-24)13-10-6-4-2/h23-24,27H,3-22H2,1-2H3. The van der Waals surface area contributed by atoms with Crippen molar-refractivity contribution < 1.29 is 14.6 Å². The third kappa shape index (κ3) is 14.1. The predicted molar refractivity (Wildman–Crippen MR) is 122 cm³/mol. The van der Waals surface area contributed by atoms with E-state index in [0.717, 1.165) is 38.3 Å². The van der Waals surface area contributed by atoms with Crippen LogP contribution in [0.3, 0.4) is 0 Å². The molecular weight excluding hydrogens is 362 g/mol. The third-order valence-electron chi connectivity index (χ3n) is 6.41. The molecule has 172 valence electrons. The molecular formula is C25H49NO3. The quantitative estimate of drug-likeness (QED) is 0.218. The van der Waals surface area contributed by atoms with Crippen molar-refractivity contribution in [3.63, 3.8) is 0 Å². The summed E-state index contributed by atoms with van der Waals surface area (Å²) in [7, 11) is 0. The molecule has 0 aliphatic heterocycles. The minimum Gasteiger partial charge on any atom is -0.462 e. The molecule has 0 bridgehead atoms. The van der Waals surface area contributed by atoms with Crippen molar-refractivity contribution in [1.82, 2.24) is 4.90 Å². The normalized spacial score (nSPS) is 19.6. The van der Waals surface area contributed by atoms with Gasteiger partial charge >= 0.3 is 5.97 Å². The molecule has 0 aromatic carbocycles. The van der Waals surface area contributed by atoms with E-state index in [0.29, 0.717) is 13.0 Å². The average molecular weight is 412 g/mol. The highest BCUT2D eigenvalue weighted by Crippen LogP contribution is 2.30. The number of nitrogens with zero attached hydrogens (tertiary/aromatic N) is 1. The number of unbranched alkanes of at least 4 members (excludes halogenated alkanes) is 7. The van der Waals surface area contributed by atoms with Crippen molar-refractivity contribution in [3.8, 4) is 0 Å². The first-order chi connectivity index (χ1) is 14.2. The molecule has 0 heterocycles. The van der Waals surface area contributed by atoms with Gasteiger partial charge in [0.05, 0.1) is 6.61 Å². The van der Waals surface area contributed by atoms with Crippen LogP contribution in [0.4, 0.5) is 0 Å². The topological polar surface area (TPSA) is 49.8 Å². The fourth-order valence-electron chi connectivity index (χ4n) is 4.51. The van der Waals surface area contributed by atoms with Crippen LogP contribution >= 0.6 is 0 Å². The number of hydrogen-bond donors (Lipinski definition) is 1. The second kappa shape index (κ2) is 18.2. The Labute approximate surface area is 180 Å². The Balaban J connectivity index is 2.10. The Bertz CT molecular complexity index is 380. The first-order valence-corrected chi connectivity index (χ1v) is 12.7. The SMILES string of the molecule is CCCCCCCCN(CCO)CCCC(=O)OC1CCC(CCCCC)CC1. The zero-order chi connectivity index (χ0) is 21.2. The summed E-state index contributed by atoms with van der Waals surface area (Å²) < 4.78 is 5.74. The van der Waals surface area contributed by atoms with Crippen LogP contribution in [0, 0.1) is 5.92 Å². The van der Waals surface area contributed by atoms with E-state index in [2.05, 4.69) is 18.7 Å². The van der Waals surface area contributed by atoms with Crippen molar-refractivity contribution in [1.29, 1.82) is 0 Å². The summed E-state index contributed by atoms with van der Waals surface area (Å²) in [6, 6.07) is 0. The molecule has 0 unspecified atom stereocenters. The smallest absolute Gasteiger partial charge is 0.306 e. The summed E-state index contributed by atoms with van der Waals surface area (Å²) >= 11 is 0. The first kappa shape index (κ1) is 26.4. The van der Waals surface area contributed by atoms with Gasteiger partial charge in [0, 0.05) is 13.0 Å². The lowest BCUT2D eigenvalue weighted by molar-refractivity contribution is -0.151. The molecule has 1 fully saturated rings. The number of hydrogen-bond acceptors (Lipinski definition) is 4. The van der Waals surface area contributed by atoms with Gasteiger partial charge in [-0.2, -0.15) is 0 Å². The molecule has 1 rings (SSSR count). The van der Waals surface area contributed by atoms with E-state index < -0.39 is 0 Å². The summed E-state index contributed by atoms with van der Waals surface area (Å²) in [5.41, 5.74) is 0. The van der Waals surface area contributed by atoms with E-state index in [4.69, 9.17) is 4.74 Å². The Morgan fingerprint density at radius 3 is 2.14 bits per heavy atom. The van der Waals surface area contributed by atoms with Gasteiger partial charge in [-0.25, -0.2) is 0 Å². The van der Waals surface area contributed by atoms with Crippen LogP contribution in [0.5, 0.6) is 0 Å². The second-order valence-electron chi connectivity index (χ2n) is 9.06. The molecule has 0 spiro atoms. The molecule has 0 aromatic rings. The highest BCUT2D eigenvalue weighted by Gasteiger charge is 2.23. The molecule has 1 saturated carbocycles. The summed E-state index contributed by atoms with van der Waals surface area (Å²) in [6.07, 6.45) is 19.1. The van der Waals surface area contributed by atoms with Gasteiger partial charge in [0.1, 0.15) is 6.10 Å². The van der Waals surface area contributed by atoms with Crippen LogP contribution in [-0.4, -0.2) is 48.3 Å². The van der Waals surface area contributed by atoms with Crippen molar-refractivity contribution in [3.05, 3.63) is 0 Å². The van der Waals surface area contributed by atoms with E-state index in [9.17, 15) is 9.90 Å². The van der Waals surface area contributed by atoms with Gasteiger partial charge in [-0.05, 0) is 57.5 Å². The van der Waals surface area contributed by atoms with E-state index in [1.165, 1.54) is 77.0 Å². The summed E-state index contributed by atoms with van der Waals surface area (Å²) in [5, 5.41) is 9.29. The van der Waals surface area contributed by atoms with Crippen LogP contribution in [0.25, 0.3) is 0 Å². The maximum atomic E-state index is 12.2.